The minimum atomic E-state index is 0.132. The summed E-state index contributed by atoms with van der Waals surface area (Å²) in [5.74, 6) is 0.132. The van der Waals surface area contributed by atoms with E-state index < -0.39 is 0 Å². The van der Waals surface area contributed by atoms with Crippen LogP contribution >= 0.6 is 27.5 Å². The number of alkyl halides is 1. The molecule has 1 fully saturated rings. The van der Waals surface area contributed by atoms with Gasteiger partial charge < -0.3 is 4.90 Å². The van der Waals surface area contributed by atoms with Crippen molar-refractivity contribution < 1.29 is 4.79 Å². The standard InChI is InChI=1S/C12H18BrN3OS/c1-2-10-11(18-15-14-10)12(17)16-8-4-3-5-9(16)6-7-13/h9H,2-8H2,1H3. The number of amides is 1. The first-order chi connectivity index (χ1) is 8.77. The smallest absolute Gasteiger partial charge is 0.267 e. The molecule has 0 radical (unpaired) electrons. The normalized spacial score (nSPS) is 20.1. The number of carbonyl (C=O) groups excluding carboxylic acids is 1. The van der Waals surface area contributed by atoms with Gasteiger partial charge in [0.25, 0.3) is 5.91 Å². The van der Waals surface area contributed by atoms with Gasteiger partial charge in [-0.1, -0.05) is 27.3 Å². The predicted octanol–water partition coefficient (Wildman–Crippen LogP) is 2.88. The Morgan fingerprint density at radius 3 is 3.11 bits per heavy atom. The predicted molar refractivity (Wildman–Crippen MR) is 76.4 cm³/mol. The van der Waals surface area contributed by atoms with Crippen LogP contribution in [0.3, 0.4) is 0 Å². The molecule has 0 aromatic carbocycles. The van der Waals surface area contributed by atoms with E-state index in [1.165, 1.54) is 18.0 Å². The largest absolute Gasteiger partial charge is 0.335 e. The lowest BCUT2D eigenvalue weighted by molar-refractivity contribution is 0.0614. The van der Waals surface area contributed by atoms with Crippen molar-refractivity contribution in [3.05, 3.63) is 10.6 Å². The van der Waals surface area contributed by atoms with E-state index in [0.717, 1.165) is 48.1 Å². The Hall–Kier alpha value is -0.490. The third kappa shape index (κ3) is 2.91. The van der Waals surface area contributed by atoms with Gasteiger partial charge in [-0.15, -0.1) is 5.10 Å². The summed E-state index contributed by atoms with van der Waals surface area (Å²) >= 11 is 4.71. The van der Waals surface area contributed by atoms with E-state index >= 15 is 0 Å². The quantitative estimate of drug-likeness (QED) is 0.797. The third-order valence-corrected chi connectivity index (χ3v) is 4.63. The van der Waals surface area contributed by atoms with Crippen molar-refractivity contribution in [2.45, 2.75) is 45.1 Å². The zero-order valence-corrected chi connectivity index (χ0v) is 13.0. The number of hydrogen-bond donors (Lipinski definition) is 0. The number of aromatic nitrogens is 2. The number of nitrogens with zero attached hydrogens (tertiary/aromatic N) is 3. The monoisotopic (exact) mass is 331 g/mol. The highest BCUT2D eigenvalue weighted by Gasteiger charge is 2.29. The molecule has 1 aliphatic rings. The number of piperidine rings is 1. The fourth-order valence-electron chi connectivity index (χ4n) is 2.43. The molecule has 1 aliphatic heterocycles. The van der Waals surface area contributed by atoms with Crippen LogP contribution in [0.1, 0.15) is 48.0 Å². The van der Waals surface area contributed by atoms with Crippen molar-refractivity contribution in [3.63, 3.8) is 0 Å². The van der Waals surface area contributed by atoms with Gasteiger partial charge in [0.15, 0.2) is 0 Å². The molecule has 1 atom stereocenters. The highest BCUT2D eigenvalue weighted by Crippen LogP contribution is 2.24. The molecule has 0 spiro atoms. The Morgan fingerprint density at radius 2 is 2.39 bits per heavy atom. The SMILES string of the molecule is CCc1nnsc1C(=O)N1CCCCC1CCBr. The van der Waals surface area contributed by atoms with Gasteiger partial charge in [-0.05, 0) is 43.6 Å². The second-order valence-corrected chi connectivity index (χ2v) is 6.08. The Labute approximate surface area is 120 Å². The Kier molecular flexibility index (Phi) is 5.12. The number of carbonyl (C=O) groups is 1. The summed E-state index contributed by atoms with van der Waals surface area (Å²) < 4.78 is 3.91. The third-order valence-electron chi connectivity index (χ3n) is 3.42. The molecule has 1 amide bonds. The molecule has 1 saturated heterocycles. The molecule has 100 valence electrons. The fourth-order valence-corrected chi connectivity index (χ4v) is 3.66. The number of rotatable bonds is 4. The second kappa shape index (κ2) is 6.61. The molecule has 18 heavy (non-hydrogen) atoms. The van der Waals surface area contributed by atoms with Crippen LogP contribution in [0, 0.1) is 0 Å². The molecule has 2 rings (SSSR count). The van der Waals surface area contributed by atoms with Crippen LogP contribution in [0.15, 0.2) is 0 Å². The van der Waals surface area contributed by atoms with E-state index in [1.54, 1.807) is 0 Å². The average Bonchev–Trinajstić information content (AvgIpc) is 2.87. The van der Waals surface area contributed by atoms with Crippen LogP contribution in [-0.2, 0) is 6.42 Å². The van der Waals surface area contributed by atoms with Crippen molar-refractivity contribution in [1.29, 1.82) is 0 Å². The molecule has 1 unspecified atom stereocenters. The summed E-state index contributed by atoms with van der Waals surface area (Å²) in [4.78, 5) is 15.3. The molecule has 2 heterocycles. The summed E-state index contributed by atoms with van der Waals surface area (Å²) in [6, 6.07) is 0.373. The number of likely N-dealkylation sites (tertiary alicyclic amines) is 1. The minimum absolute atomic E-state index is 0.132. The number of hydrogen-bond acceptors (Lipinski definition) is 4. The van der Waals surface area contributed by atoms with E-state index in [-0.39, 0.29) is 5.91 Å². The van der Waals surface area contributed by atoms with Crippen LogP contribution in [-0.4, -0.2) is 38.3 Å². The van der Waals surface area contributed by atoms with Gasteiger partial charge >= 0.3 is 0 Å². The number of aryl methyl sites for hydroxylation is 1. The summed E-state index contributed by atoms with van der Waals surface area (Å²) in [6.07, 6.45) is 5.25. The van der Waals surface area contributed by atoms with Gasteiger partial charge in [-0.25, -0.2) is 0 Å². The summed E-state index contributed by atoms with van der Waals surface area (Å²) in [5, 5.41) is 4.98. The van der Waals surface area contributed by atoms with Gasteiger partial charge in [-0.3, -0.25) is 4.79 Å². The van der Waals surface area contributed by atoms with Crippen LogP contribution in [0.4, 0.5) is 0 Å². The van der Waals surface area contributed by atoms with E-state index in [2.05, 4.69) is 25.5 Å². The van der Waals surface area contributed by atoms with E-state index in [1.807, 2.05) is 11.8 Å². The Balaban J connectivity index is 2.15. The van der Waals surface area contributed by atoms with Gasteiger partial charge in [0.2, 0.25) is 0 Å². The van der Waals surface area contributed by atoms with Crippen LogP contribution in [0.2, 0.25) is 0 Å². The van der Waals surface area contributed by atoms with Crippen LogP contribution in [0.25, 0.3) is 0 Å². The first-order valence-corrected chi connectivity index (χ1v) is 8.35. The summed E-state index contributed by atoms with van der Waals surface area (Å²) in [7, 11) is 0. The molecule has 6 heteroatoms. The Bertz CT molecular complexity index is 408. The van der Waals surface area contributed by atoms with E-state index in [0.29, 0.717) is 6.04 Å². The van der Waals surface area contributed by atoms with Gasteiger partial charge in [0.1, 0.15) is 4.88 Å². The van der Waals surface area contributed by atoms with Crippen molar-refractivity contribution in [3.8, 4) is 0 Å². The average molecular weight is 332 g/mol. The first kappa shape index (κ1) is 13.9. The van der Waals surface area contributed by atoms with Crippen LogP contribution in [0.5, 0.6) is 0 Å². The molecular weight excluding hydrogens is 314 g/mol. The second-order valence-electron chi connectivity index (χ2n) is 4.53. The molecule has 0 aliphatic carbocycles. The fraction of sp³-hybridized carbons (Fsp3) is 0.750. The van der Waals surface area contributed by atoms with Crippen molar-refractivity contribution in [2.24, 2.45) is 0 Å². The molecule has 0 N–H and O–H groups in total. The van der Waals surface area contributed by atoms with E-state index in [9.17, 15) is 4.79 Å². The van der Waals surface area contributed by atoms with Crippen molar-refractivity contribution >= 4 is 33.4 Å². The van der Waals surface area contributed by atoms with Crippen molar-refractivity contribution in [2.75, 3.05) is 11.9 Å². The highest BCUT2D eigenvalue weighted by atomic mass is 79.9. The lowest BCUT2D eigenvalue weighted by Crippen LogP contribution is -2.43. The van der Waals surface area contributed by atoms with Crippen LogP contribution < -0.4 is 0 Å². The molecule has 1 aromatic rings. The first-order valence-electron chi connectivity index (χ1n) is 6.46. The van der Waals surface area contributed by atoms with Gasteiger partial charge in [-0.2, -0.15) is 0 Å². The summed E-state index contributed by atoms with van der Waals surface area (Å²) in [5.41, 5.74) is 0.841. The molecule has 0 saturated carbocycles. The summed E-state index contributed by atoms with van der Waals surface area (Å²) in [6.45, 7) is 2.89. The van der Waals surface area contributed by atoms with Crippen molar-refractivity contribution in [1.82, 2.24) is 14.5 Å². The lowest BCUT2D eigenvalue weighted by atomic mass is 9.99. The zero-order valence-electron chi connectivity index (χ0n) is 10.6. The maximum absolute atomic E-state index is 12.6. The molecule has 0 bridgehead atoms. The minimum Gasteiger partial charge on any atom is -0.335 e. The zero-order chi connectivity index (χ0) is 13.0. The molecule has 1 aromatic heterocycles. The number of halogens is 1. The Morgan fingerprint density at radius 1 is 1.56 bits per heavy atom. The van der Waals surface area contributed by atoms with Gasteiger partial charge in [0, 0.05) is 17.9 Å². The molecule has 4 nitrogen and oxygen atoms in total. The maximum atomic E-state index is 12.6. The highest BCUT2D eigenvalue weighted by molar-refractivity contribution is 9.09. The van der Waals surface area contributed by atoms with E-state index in [4.69, 9.17) is 0 Å². The molecular formula is C12H18BrN3OS. The van der Waals surface area contributed by atoms with Gasteiger partial charge in [0.05, 0.1) is 5.69 Å². The maximum Gasteiger partial charge on any atom is 0.267 e. The lowest BCUT2D eigenvalue weighted by Gasteiger charge is -2.35. The topological polar surface area (TPSA) is 46.1 Å².